The van der Waals surface area contributed by atoms with Crippen molar-refractivity contribution in [2.75, 3.05) is 24.2 Å². The number of piperidine rings is 1. The molecule has 3 heterocycles. The summed E-state index contributed by atoms with van der Waals surface area (Å²) in [6.45, 7) is 7.04. The van der Waals surface area contributed by atoms with Crippen molar-refractivity contribution in [3.05, 3.63) is 46.6 Å². The molecule has 1 saturated heterocycles. The van der Waals surface area contributed by atoms with Crippen molar-refractivity contribution >= 4 is 44.8 Å². The number of rotatable bonds is 4. The van der Waals surface area contributed by atoms with E-state index in [0.717, 1.165) is 28.2 Å². The summed E-state index contributed by atoms with van der Waals surface area (Å²) in [5, 5.41) is 13.1. The Morgan fingerprint density at radius 1 is 1.26 bits per heavy atom. The zero-order chi connectivity index (χ0) is 25.0. The Bertz CT molecular complexity index is 1140. The lowest BCUT2D eigenvalue weighted by Gasteiger charge is -2.34. The minimum absolute atomic E-state index is 0.196. The number of carbonyl (C=O) groups is 1. The Labute approximate surface area is 218 Å². The van der Waals surface area contributed by atoms with Crippen LogP contribution in [0.3, 0.4) is 0 Å². The molecule has 184 valence electrons. The molecule has 1 atom stereocenters. The van der Waals surface area contributed by atoms with E-state index in [1.807, 2.05) is 26.8 Å². The lowest BCUT2D eigenvalue weighted by atomic mass is 9.91. The highest BCUT2D eigenvalue weighted by molar-refractivity contribution is 9.10. The fraction of sp³-hybridized carbons (Fsp3) is 0.440. The van der Waals surface area contributed by atoms with Crippen LogP contribution >= 0.6 is 27.7 Å². The molecule has 10 heteroatoms. The number of hydrogen-bond donors (Lipinski definition) is 1. The molecular weight excluding hydrogens is 530 g/mol. The fourth-order valence-corrected chi connectivity index (χ4v) is 5.28. The number of pyridine rings is 1. The maximum absolute atomic E-state index is 12.3. The van der Waals surface area contributed by atoms with Crippen LogP contribution in [0.4, 0.5) is 10.6 Å². The van der Waals surface area contributed by atoms with Crippen LogP contribution in [-0.2, 0) is 4.74 Å². The molecule has 1 N–H and O–H groups in total. The number of benzene rings is 1. The van der Waals surface area contributed by atoms with Crippen molar-refractivity contribution in [2.45, 2.75) is 45.3 Å². The number of aromatic nitrogens is 1. The van der Waals surface area contributed by atoms with Gasteiger partial charge >= 0.3 is 6.09 Å². The Kier molecular flexibility index (Phi) is 7.87. The number of thioether (sulfide) groups is 1. The molecule has 4 rings (SSSR count). The first kappa shape index (κ1) is 25.3. The highest BCUT2D eigenvalue weighted by Crippen LogP contribution is 2.34. The number of nitrogens with one attached hydrogen (secondary N) is 1. The van der Waals surface area contributed by atoms with Crippen molar-refractivity contribution in [3.63, 3.8) is 0 Å². The molecule has 8 nitrogen and oxygen atoms in total. The van der Waals surface area contributed by atoms with Gasteiger partial charge in [-0.05, 0) is 79.7 Å². The van der Waals surface area contributed by atoms with E-state index in [0.29, 0.717) is 41.9 Å². The molecule has 1 amide bonds. The zero-order valence-electron chi connectivity index (χ0n) is 20.0. The third-order valence-electron chi connectivity index (χ3n) is 5.67. The standard InChI is InChI=1S/C25H28BrN5O3S/c1-25(2,3)34-24(32)31-10-8-17(9-11-31)20-15-35-23(29-20)30-22-21(12-18(26)14-28-22)33-19-6-4-16(13-27)5-7-19/h4-7,12,14,17,20H,8-11,15H2,1-3H3,(H,28,29,30). The van der Waals surface area contributed by atoms with Gasteiger partial charge in [0.1, 0.15) is 11.4 Å². The monoisotopic (exact) mass is 557 g/mol. The number of halogens is 1. The number of likely N-dealkylation sites (tertiary alicyclic amines) is 1. The molecule has 2 aromatic rings. The third-order valence-corrected chi connectivity index (χ3v) is 7.09. The Hall–Kier alpha value is -2.77. The van der Waals surface area contributed by atoms with Crippen molar-refractivity contribution in [1.29, 1.82) is 5.26 Å². The molecule has 1 aromatic heterocycles. The van der Waals surface area contributed by atoms with E-state index in [4.69, 9.17) is 19.7 Å². The van der Waals surface area contributed by atoms with Crippen LogP contribution in [-0.4, -0.2) is 51.6 Å². The van der Waals surface area contributed by atoms with Gasteiger partial charge in [-0.2, -0.15) is 5.26 Å². The number of carbonyl (C=O) groups excluding carboxylic acids is 1. The van der Waals surface area contributed by atoms with Gasteiger partial charge in [0, 0.05) is 35.6 Å². The Morgan fingerprint density at radius 2 is 1.97 bits per heavy atom. The van der Waals surface area contributed by atoms with Gasteiger partial charge in [0.15, 0.2) is 16.7 Å². The fourth-order valence-electron chi connectivity index (χ4n) is 3.91. The van der Waals surface area contributed by atoms with Crippen LogP contribution < -0.4 is 10.1 Å². The smallest absolute Gasteiger partial charge is 0.410 e. The van der Waals surface area contributed by atoms with Crippen molar-refractivity contribution in [3.8, 4) is 17.6 Å². The molecule has 1 fully saturated rings. The van der Waals surface area contributed by atoms with E-state index in [1.54, 1.807) is 47.1 Å². The van der Waals surface area contributed by atoms with Gasteiger partial charge in [-0.25, -0.2) is 9.78 Å². The molecule has 0 radical (unpaired) electrons. The largest absolute Gasteiger partial charge is 0.453 e. The number of ether oxygens (including phenoxy) is 2. The van der Waals surface area contributed by atoms with Gasteiger partial charge in [-0.1, -0.05) is 11.8 Å². The van der Waals surface area contributed by atoms with Gasteiger partial charge in [0.2, 0.25) is 0 Å². The van der Waals surface area contributed by atoms with Crippen LogP contribution in [0, 0.1) is 17.2 Å². The van der Waals surface area contributed by atoms with Crippen LogP contribution in [0.25, 0.3) is 0 Å². The van der Waals surface area contributed by atoms with Crippen molar-refractivity contribution < 1.29 is 14.3 Å². The average Bonchev–Trinajstić information content (AvgIpc) is 3.29. The molecule has 0 aliphatic carbocycles. The summed E-state index contributed by atoms with van der Waals surface area (Å²) in [6, 6.07) is 11.1. The maximum atomic E-state index is 12.3. The first-order valence-corrected chi connectivity index (χ1v) is 13.3. The van der Waals surface area contributed by atoms with Crippen LogP contribution in [0.2, 0.25) is 0 Å². The van der Waals surface area contributed by atoms with E-state index >= 15 is 0 Å². The predicted molar refractivity (Wildman–Crippen MR) is 141 cm³/mol. The number of amidine groups is 1. The van der Waals surface area contributed by atoms with Gasteiger partial charge in [-0.3, -0.25) is 4.99 Å². The molecule has 2 aliphatic rings. The summed E-state index contributed by atoms with van der Waals surface area (Å²) < 4.78 is 12.3. The van der Waals surface area contributed by atoms with Crippen LogP contribution in [0.5, 0.6) is 11.5 Å². The normalized spacial score (nSPS) is 18.5. The first-order chi connectivity index (χ1) is 16.7. The highest BCUT2D eigenvalue weighted by atomic mass is 79.9. The van der Waals surface area contributed by atoms with Gasteiger partial charge < -0.3 is 19.7 Å². The topological polar surface area (TPSA) is 99.8 Å². The molecule has 0 bridgehead atoms. The number of amides is 1. The molecule has 2 aliphatic heterocycles. The molecule has 1 unspecified atom stereocenters. The van der Waals surface area contributed by atoms with Crippen molar-refractivity contribution in [2.24, 2.45) is 10.9 Å². The maximum Gasteiger partial charge on any atom is 0.410 e. The van der Waals surface area contributed by atoms with Gasteiger partial charge in [0.25, 0.3) is 0 Å². The summed E-state index contributed by atoms with van der Waals surface area (Å²) in [5.41, 5.74) is 0.0904. The summed E-state index contributed by atoms with van der Waals surface area (Å²) in [7, 11) is 0. The minimum atomic E-state index is -0.482. The average molecular weight is 559 g/mol. The number of anilines is 1. The summed E-state index contributed by atoms with van der Waals surface area (Å²) in [6.07, 6.45) is 3.28. The number of nitrogens with zero attached hydrogens (tertiary/aromatic N) is 4. The predicted octanol–water partition coefficient (Wildman–Crippen LogP) is 6.04. The third kappa shape index (κ3) is 6.89. The van der Waals surface area contributed by atoms with E-state index in [1.165, 1.54) is 0 Å². The quantitative estimate of drug-likeness (QED) is 0.489. The van der Waals surface area contributed by atoms with Crippen molar-refractivity contribution in [1.82, 2.24) is 9.88 Å². The SMILES string of the molecule is CC(C)(C)OC(=O)N1CCC(C2CSC(Nc3ncc(Br)cc3Oc3ccc(C#N)cc3)=N2)CC1. The lowest BCUT2D eigenvalue weighted by molar-refractivity contribution is 0.0178. The van der Waals surface area contributed by atoms with E-state index in [2.05, 4.69) is 32.3 Å². The molecule has 0 spiro atoms. The van der Waals surface area contributed by atoms with Crippen LogP contribution in [0.1, 0.15) is 39.2 Å². The Balaban J connectivity index is 1.37. The first-order valence-electron chi connectivity index (χ1n) is 11.5. The minimum Gasteiger partial charge on any atom is -0.453 e. The van der Waals surface area contributed by atoms with Crippen LogP contribution in [0.15, 0.2) is 46.0 Å². The highest BCUT2D eigenvalue weighted by Gasteiger charge is 2.33. The van der Waals surface area contributed by atoms with E-state index in [-0.39, 0.29) is 12.1 Å². The van der Waals surface area contributed by atoms with E-state index < -0.39 is 5.60 Å². The second-order valence-corrected chi connectivity index (χ2v) is 11.4. The molecule has 0 saturated carbocycles. The molecule has 35 heavy (non-hydrogen) atoms. The molecular formula is C25H28BrN5O3S. The zero-order valence-corrected chi connectivity index (χ0v) is 22.4. The summed E-state index contributed by atoms with van der Waals surface area (Å²) in [5.74, 6) is 3.06. The Morgan fingerprint density at radius 3 is 2.63 bits per heavy atom. The second-order valence-electron chi connectivity index (χ2n) is 9.48. The number of aliphatic imine (C=N–C) groups is 1. The molecule has 1 aromatic carbocycles. The van der Waals surface area contributed by atoms with Gasteiger partial charge in [0.05, 0.1) is 17.7 Å². The number of nitriles is 1. The van der Waals surface area contributed by atoms with E-state index in [9.17, 15) is 4.79 Å². The summed E-state index contributed by atoms with van der Waals surface area (Å²) >= 11 is 5.12. The second kappa shape index (κ2) is 10.9. The lowest BCUT2D eigenvalue weighted by Crippen LogP contribution is -2.43. The van der Waals surface area contributed by atoms with Gasteiger partial charge in [-0.15, -0.1) is 0 Å². The summed E-state index contributed by atoms with van der Waals surface area (Å²) in [4.78, 5) is 23.5. The number of hydrogen-bond acceptors (Lipinski definition) is 8.